The van der Waals surface area contributed by atoms with Crippen molar-refractivity contribution >= 4 is 23.7 Å². The smallest absolute Gasteiger partial charge is 0.253 e. The van der Waals surface area contributed by atoms with Crippen molar-refractivity contribution in [2.75, 3.05) is 12.4 Å². The summed E-state index contributed by atoms with van der Waals surface area (Å²) in [5, 5.41) is 3.04. The fourth-order valence-corrected chi connectivity index (χ4v) is 1.64. The number of H-pyrrole nitrogens is 2. The molecule has 6 heteroatoms. The number of hydrogen-bond donors (Lipinski definition) is 3. The van der Waals surface area contributed by atoms with Crippen molar-refractivity contribution in [1.29, 1.82) is 0 Å². The van der Waals surface area contributed by atoms with E-state index in [4.69, 9.17) is 17.0 Å². The molecule has 0 fully saturated rings. The Morgan fingerprint density at radius 3 is 2.76 bits per heavy atom. The van der Waals surface area contributed by atoms with Crippen molar-refractivity contribution in [3.8, 4) is 5.75 Å². The van der Waals surface area contributed by atoms with E-state index in [1.54, 1.807) is 7.11 Å². The maximum absolute atomic E-state index is 11.2. The number of para-hydroxylation sites is 2. The van der Waals surface area contributed by atoms with Gasteiger partial charge in [-0.2, -0.15) is 0 Å². The largest absolute Gasteiger partial charge is 0.495 e. The Bertz CT molecular complexity index is 605. The summed E-state index contributed by atoms with van der Waals surface area (Å²) in [6.07, 6.45) is 0. The number of anilines is 2. The summed E-state index contributed by atoms with van der Waals surface area (Å²) in [5.41, 5.74) is 0.498. The molecule has 0 atom stereocenters. The minimum atomic E-state index is -0.258. The van der Waals surface area contributed by atoms with Gasteiger partial charge in [0.15, 0.2) is 4.77 Å². The molecule has 17 heavy (non-hydrogen) atoms. The van der Waals surface area contributed by atoms with Gasteiger partial charge in [0, 0.05) is 6.07 Å². The Morgan fingerprint density at radius 1 is 1.29 bits per heavy atom. The number of hydrogen-bond acceptors (Lipinski definition) is 4. The van der Waals surface area contributed by atoms with Crippen LogP contribution in [0.15, 0.2) is 35.1 Å². The van der Waals surface area contributed by atoms with E-state index in [0.29, 0.717) is 11.6 Å². The average Bonchev–Trinajstić information content (AvgIpc) is 2.28. The molecule has 0 spiro atoms. The van der Waals surface area contributed by atoms with E-state index in [0.717, 1.165) is 5.69 Å². The lowest BCUT2D eigenvalue weighted by atomic mass is 10.3. The number of methoxy groups -OCH3 is 1. The first-order valence-electron chi connectivity index (χ1n) is 4.93. The molecule has 5 nitrogen and oxygen atoms in total. The van der Waals surface area contributed by atoms with Crippen molar-refractivity contribution < 1.29 is 4.74 Å². The Balaban J connectivity index is 2.37. The van der Waals surface area contributed by atoms with Crippen LogP contribution in [0.5, 0.6) is 5.75 Å². The monoisotopic (exact) mass is 249 g/mol. The standard InChI is InChI=1S/C11H11N3O2S/c1-16-8-5-3-2-4-7(8)12-9-6-10(15)14-11(17)13-9/h2-6H,1H3,(H3,12,13,14,15,17). The van der Waals surface area contributed by atoms with Crippen molar-refractivity contribution in [1.82, 2.24) is 9.97 Å². The molecule has 88 valence electrons. The fraction of sp³-hybridized carbons (Fsp3) is 0.0909. The first-order chi connectivity index (χ1) is 8.19. The zero-order valence-corrected chi connectivity index (χ0v) is 9.93. The summed E-state index contributed by atoms with van der Waals surface area (Å²) in [4.78, 5) is 16.5. The van der Waals surface area contributed by atoms with E-state index in [9.17, 15) is 4.79 Å². The number of nitrogens with one attached hydrogen (secondary N) is 3. The maximum Gasteiger partial charge on any atom is 0.253 e. The molecule has 0 unspecified atom stereocenters. The molecule has 2 aromatic rings. The van der Waals surface area contributed by atoms with Gasteiger partial charge in [0.25, 0.3) is 5.56 Å². The van der Waals surface area contributed by atoms with Crippen LogP contribution in [0, 0.1) is 4.77 Å². The summed E-state index contributed by atoms with van der Waals surface area (Å²) in [6, 6.07) is 8.79. The van der Waals surface area contributed by atoms with E-state index in [-0.39, 0.29) is 10.3 Å². The van der Waals surface area contributed by atoms with Crippen molar-refractivity contribution in [2.24, 2.45) is 0 Å². The van der Waals surface area contributed by atoms with E-state index in [1.165, 1.54) is 6.07 Å². The molecule has 0 bridgehead atoms. The molecule has 2 rings (SSSR count). The molecule has 0 aliphatic rings. The molecular weight excluding hydrogens is 238 g/mol. The molecule has 0 aliphatic carbocycles. The average molecular weight is 249 g/mol. The van der Waals surface area contributed by atoms with Crippen LogP contribution in [-0.4, -0.2) is 17.1 Å². The maximum atomic E-state index is 11.2. The topological polar surface area (TPSA) is 69.9 Å². The third-order valence-corrected chi connectivity index (χ3v) is 2.34. The van der Waals surface area contributed by atoms with Crippen LogP contribution < -0.4 is 15.6 Å². The minimum absolute atomic E-state index is 0.258. The molecule has 0 amide bonds. The summed E-state index contributed by atoms with van der Waals surface area (Å²) in [7, 11) is 1.58. The fourth-order valence-electron chi connectivity index (χ4n) is 1.43. The van der Waals surface area contributed by atoms with Gasteiger partial charge >= 0.3 is 0 Å². The number of benzene rings is 1. The molecule has 3 N–H and O–H groups in total. The van der Waals surface area contributed by atoms with Crippen LogP contribution in [0.2, 0.25) is 0 Å². The number of aromatic amines is 2. The van der Waals surface area contributed by atoms with Crippen LogP contribution in [0.3, 0.4) is 0 Å². The Hall–Kier alpha value is -2.08. The molecule has 1 heterocycles. The van der Waals surface area contributed by atoms with E-state index in [2.05, 4.69) is 15.3 Å². The Kier molecular flexibility index (Phi) is 3.24. The lowest BCUT2D eigenvalue weighted by molar-refractivity contribution is 0.417. The highest BCUT2D eigenvalue weighted by atomic mass is 32.1. The molecular formula is C11H11N3O2S. The first kappa shape index (κ1) is 11.4. The van der Waals surface area contributed by atoms with Crippen LogP contribution in [0.4, 0.5) is 11.5 Å². The summed E-state index contributed by atoms with van der Waals surface area (Å²) < 4.78 is 5.46. The normalized spacial score (nSPS) is 9.94. The van der Waals surface area contributed by atoms with Crippen molar-refractivity contribution in [3.05, 3.63) is 45.5 Å². The summed E-state index contributed by atoms with van der Waals surface area (Å²) in [6.45, 7) is 0. The zero-order chi connectivity index (χ0) is 12.3. The molecule has 0 aliphatic heterocycles. The first-order valence-corrected chi connectivity index (χ1v) is 5.33. The molecule has 1 aromatic heterocycles. The van der Waals surface area contributed by atoms with Gasteiger partial charge in [0.2, 0.25) is 0 Å². The second-order valence-electron chi connectivity index (χ2n) is 3.33. The third kappa shape index (κ3) is 2.73. The number of rotatable bonds is 3. The molecule has 1 aromatic carbocycles. The second-order valence-corrected chi connectivity index (χ2v) is 3.73. The van der Waals surface area contributed by atoms with Crippen molar-refractivity contribution in [2.45, 2.75) is 0 Å². The predicted molar refractivity (Wildman–Crippen MR) is 68.5 cm³/mol. The van der Waals surface area contributed by atoms with Crippen LogP contribution in [-0.2, 0) is 0 Å². The highest BCUT2D eigenvalue weighted by Crippen LogP contribution is 2.25. The van der Waals surface area contributed by atoms with Crippen LogP contribution in [0.1, 0.15) is 0 Å². The van der Waals surface area contributed by atoms with Crippen molar-refractivity contribution in [3.63, 3.8) is 0 Å². The predicted octanol–water partition coefficient (Wildman–Crippen LogP) is 2.18. The third-order valence-electron chi connectivity index (χ3n) is 2.14. The minimum Gasteiger partial charge on any atom is -0.495 e. The van der Waals surface area contributed by atoms with E-state index in [1.807, 2.05) is 24.3 Å². The number of aromatic nitrogens is 2. The van der Waals surface area contributed by atoms with Gasteiger partial charge in [-0.3, -0.25) is 9.78 Å². The highest BCUT2D eigenvalue weighted by Gasteiger charge is 2.02. The quantitative estimate of drug-likeness (QED) is 0.729. The SMILES string of the molecule is COc1ccccc1Nc1cc(=O)[nH]c(=S)[nH]1. The van der Waals surface area contributed by atoms with Gasteiger partial charge in [-0.15, -0.1) is 0 Å². The van der Waals surface area contributed by atoms with E-state index >= 15 is 0 Å². The molecule has 0 radical (unpaired) electrons. The Labute approximate surface area is 102 Å². The second kappa shape index (κ2) is 4.84. The van der Waals surface area contributed by atoms with Gasteiger partial charge in [-0.05, 0) is 24.4 Å². The lowest BCUT2D eigenvalue weighted by Gasteiger charge is -2.10. The van der Waals surface area contributed by atoms with Gasteiger partial charge < -0.3 is 15.0 Å². The summed E-state index contributed by atoms with van der Waals surface area (Å²) in [5.74, 6) is 1.20. The molecule has 0 saturated heterocycles. The van der Waals surface area contributed by atoms with Gasteiger partial charge in [0.1, 0.15) is 11.6 Å². The lowest BCUT2D eigenvalue weighted by Crippen LogP contribution is -2.08. The van der Waals surface area contributed by atoms with Crippen LogP contribution in [0.25, 0.3) is 0 Å². The van der Waals surface area contributed by atoms with Gasteiger partial charge in [-0.1, -0.05) is 12.1 Å². The summed E-state index contributed by atoms with van der Waals surface area (Å²) >= 11 is 4.88. The van der Waals surface area contributed by atoms with E-state index < -0.39 is 0 Å². The van der Waals surface area contributed by atoms with Gasteiger partial charge in [-0.25, -0.2) is 0 Å². The van der Waals surface area contributed by atoms with Gasteiger partial charge in [0.05, 0.1) is 12.8 Å². The molecule has 0 saturated carbocycles. The zero-order valence-electron chi connectivity index (χ0n) is 9.11. The van der Waals surface area contributed by atoms with Crippen LogP contribution >= 0.6 is 12.2 Å². The highest BCUT2D eigenvalue weighted by molar-refractivity contribution is 7.71. The number of ether oxygens (including phenoxy) is 1. The Morgan fingerprint density at radius 2 is 2.06 bits per heavy atom.